The molecule has 1 aliphatic heterocycles. The summed E-state index contributed by atoms with van der Waals surface area (Å²) < 4.78 is 41.0. The van der Waals surface area contributed by atoms with E-state index in [1.807, 2.05) is 11.2 Å². The van der Waals surface area contributed by atoms with Crippen LogP contribution in [0.5, 0.6) is 0 Å². The molecule has 0 spiro atoms. The Morgan fingerprint density at radius 1 is 1.26 bits per heavy atom. The van der Waals surface area contributed by atoms with Gasteiger partial charge in [0.05, 0.1) is 32.9 Å². The van der Waals surface area contributed by atoms with E-state index < -0.39 is 23.1 Å². The fourth-order valence-corrected chi connectivity index (χ4v) is 5.09. The molecule has 2 radical (unpaired) electrons. The van der Waals surface area contributed by atoms with Crippen molar-refractivity contribution in [1.29, 1.82) is 5.26 Å². The summed E-state index contributed by atoms with van der Waals surface area (Å²) in [6.07, 6.45) is 3.72. The topological polar surface area (TPSA) is 88.0 Å². The molecule has 2 aromatic carbocycles. The fourth-order valence-electron chi connectivity index (χ4n) is 4.82. The quantitative estimate of drug-likeness (QED) is 0.276. The zero-order chi connectivity index (χ0) is 27.4. The summed E-state index contributed by atoms with van der Waals surface area (Å²) in [7, 11) is 6.99. The zero-order valence-corrected chi connectivity index (χ0v) is 21.5. The van der Waals surface area contributed by atoms with Crippen molar-refractivity contribution >= 4 is 41.7 Å². The Labute approximate surface area is 229 Å². The lowest BCUT2D eigenvalue weighted by atomic mass is 9.69. The normalized spacial score (nSPS) is 19.3. The van der Waals surface area contributed by atoms with E-state index in [1.54, 1.807) is 24.3 Å². The predicted octanol–water partition coefficient (Wildman–Crippen LogP) is 5.12. The number of nitrogens with one attached hydrogen (secondary N) is 4. The van der Waals surface area contributed by atoms with Crippen molar-refractivity contribution in [3.05, 3.63) is 76.5 Å². The molecule has 3 aliphatic rings. The molecule has 0 saturated heterocycles. The van der Waals surface area contributed by atoms with Crippen molar-refractivity contribution in [1.82, 2.24) is 21.0 Å². The van der Waals surface area contributed by atoms with Gasteiger partial charge in [0.15, 0.2) is 0 Å². The second-order valence-corrected chi connectivity index (χ2v) is 10.8. The largest absolute Gasteiger partial charge is 0.383 e. The second-order valence-electron chi connectivity index (χ2n) is 10.4. The summed E-state index contributed by atoms with van der Waals surface area (Å²) in [6, 6.07) is 11.7. The maximum absolute atomic E-state index is 13.8. The number of nitrogens with zero attached hydrogens (tertiary/aromatic N) is 3. The highest BCUT2D eigenvalue weighted by Gasteiger charge is 2.51. The van der Waals surface area contributed by atoms with E-state index >= 15 is 0 Å². The Balaban J connectivity index is 1.41. The average molecular weight is 550 g/mol. The molecule has 2 heterocycles. The lowest BCUT2D eigenvalue weighted by Gasteiger charge is -2.34. The predicted molar refractivity (Wildman–Crippen MR) is 144 cm³/mol. The van der Waals surface area contributed by atoms with Crippen LogP contribution in [-0.2, 0) is 5.44 Å². The van der Waals surface area contributed by atoms with Crippen LogP contribution >= 0.6 is 11.6 Å². The fraction of sp³-hybridized carbons (Fsp3) is 0.333. The lowest BCUT2D eigenvalue weighted by molar-refractivity contribution is 0.0688. The van der Waals surface area contributed by atoms with Gasteiger partial charge in [-0.25, -0.2) is 13.2 Å². The molecule has 12 heteroatoms. The van der Waals surface area contributed by atoms with Crippen LogP contribution in [-0.4, -0.2) is 36.9 Å². The highest BCUT2D eigenvalue weighted by atomic mass is 35.5. The van der Waals surface area contributed by atoms with E-state index in [0.29, 0.717) is 52.4 Å². The van der Waals surface area contributed by atoms with Gasteiger partial charge in [-0.15, -0.1) is 5.53 Å². The molecule has 7 nitrogen and oxygen atoms in total. The first-order valence-corrected chi connectivity index (χ1v) is 13.0. The van der Waals surface area contributed by atoms with Crippen LogP contribution in [0.2, 0.25) is 5.02 Å². The average Bonchev–Trinajstić information content (AvgIpc) is 3.86. The van der Waals surface area contributed by atoms with Gasteiger partial charge in [0.25, 0.3) is 0 Å². The lowest BCUT2D eigenvalue weighted by Crippen LogP contribution is -2.45. The number of benzene rings is 2. The van der Waals surface area contributed by atoms with E-state index in [2.05, 4.69) is 32.6 Å². The number of pyridine rings is 1. The van der Waals surface area contributed by atoms with Crippen molar-refractivity contribution in [2.24, 2.45) is 5.41 Å². The maximum Gasteiger partial charge on any atom is 0.245 e. The molecular weight excluding hydrogens is 526 g/mol. The van der Waals surface area contributed by atoms with Gasteiger partial charge >= 0.3 is 0 Å². The first-order valence-electron chi connectivity index (χ1n) is 12.6. The summed E-state index contributed by atoms with van der Waals surface area (Å²) in [5, 5.41) is 18.9. The second kappa shape index (κ2) is 9.54. The highest BCUT2D eigenvalue weighted by molar-refractivity contribution is 6.36. The number of anilines is 2. The van der Waals surface area contributed by atoms with Crippen LogP contribution in [0.4, 0.5) is 24.5 Å². The molecule has 2 fully saturated rings. The Bertz CT molecular complexity index is 1500. The molecule has 39 heavy (non-hydrogen) atoms. The van der Waals surface area contributed by atoms with Crippen LogP contribution in [0.1, 0.15) is 36.8 Å². The van der Waals surface area contributed by atoms with E-state index in [-0.39, 0.29) is 17.1 Å². The van der Waals surface area contributed by atoms with Crippen LogP contribution in [0, 0.1) is 22.6 Å². The van der Waals surface area contributed by atoms with E-state index in [1.165, 1.54) is 18.3 Å². The molecule has 3 aromatic rings. The number of hydrogen-bond acceptors (Lipinski definition) is 7. The molecule has 0 amide bonds. The summed E-state index contributed by atoms with van der Waals surface area (Å²) in [5.74, 6) is -0.399. The van der Waals surface area contributed by atoms with Gasteiger partial charge in [-0.05, 0) is 55.5 Å². The minimum absolute atomic E-state index is 0.0175. The van der Waals surface area contributed by atoms with Crippen molar-refractivity contribution in [2.75, 3.05) is 17.2 Å². The minimum Gasteiger partial charge on any atom is -0.383 e. The molecule has 1 unspecified atom stereocenters. The highest BCUT2D eigenvalue weighted by Crippen LogP contribution is 2.51. The third-order valence-electron chi connectivity index (χ3n) is 7.61. The third kappa shape index (κ3) is 4.72. The molecule has 4 N–H and O–H groups in total. The van der Waals surface area contributed by atoms with Crippen LogP contribution < -0.4 is 21.6 Å². The number of fused-ring (bicyclic) bond motifs is 1. The molecule has 1 aromatic heterocycles. The number of nitriles is 1. The summed E-state index contributed by atoms with van der Waals surface area (Å²) in [5.41, 5.74) is 6.44. The molecule has 1 atom stereocenters. The summed E-state index contributed by atoms with van der Waals surface area (Å²) in [6.45, 7) is 0.0175. The van der Waals surface area contributed by atoms with Crippen molar-refractivity contribution in [3.63, 3.8) is 0 Å². The number of hydrogen-bond donors (Lipinski definition) is 4. The van der Waals surface area contributed by atoms with Crippen molar-refractivity contribution in [2.45, 2.75) is 43.6 Å². The number of alkyl halides is 2. The van der Waals surface area contributed by atoms with Crippen LogP contribution in [0.15, 0.2) is 54.5 Å². The Kier molecular flexibility index (Phi) is 6.27. The zero-order valence-electron chi connectivity index (χ0n) is 20.7. The SMILES string of the molecule is [B]C(Nc1cc(Cl)c2ncc(C#N)c(NCC3(C(F)F)CC3)c2c1)(C1=CN(C2CC2)NN1)c1ccc(F)cc1. The van der Waals surface area contributed by atoms with Crippen molar-refractivity contribution < 1.29 is 13.2 Å². The van der Waals surface area contributed by atoms with Crippen LogP contribution in [0.25, 0.3) is 10.9 Å². The van der Waals surface area contributed by atoms with Gasteiger partial charge < -0.3 is 16.1 Å². The summed E-state index contributed by atoms with van der Waals surface area (Å²) in [4.78, 5) is 4.34. The molecular formula is C27H24BClF3N7. The molecule has 198 valence electrons. The van der Waals surface area contributed by atoms with Gasteiger partial charge in [0.1, 0.15) is 19.7 Å². The Hall–Kier alpha value is -3.62. The van der Waals surface area contributed by atoms with E-state index in [9.17, 15) is 18.4 Å². The standard InChI is InChI=1S/C27H24BClF3N7/c28-27(16-1-3-17(30)4-2-16,22-13-39(38-37-22)19-5-6-19)36-18-9-20-23(35-14-26(7-8-26)25(31)32)15(11-33)12-34-24(20)21(29)10-18/h1-4,9-10,12-13,19,25,36-38H,5-8,14H2,(H,34,35). The number of hydrazine groups is 2. The van der Waals surface area contributed by atoms with Gasteiger partial charge in [0.2, 0.25) is 6.43 Å². The Morgan fingerprint density at radius 3 is 2.64 bits per heavy atom. The first-order chi connectivity index (χ1) is 18.7. The molecule has 0 bridgehead atoms. The van der Waals surface area contributed by atoms with E-state index in [0.717, 1.165) is 12.8 Å². The van der Waals surface area contributed by atoms with Crippen LogP contribution in [0.3, 0.4) is 0 Å². The smallest absolute Gasteiger partial charge is 0.245 e. The van der Waals surface area contributed by atoms with Crippen molar-refractivity contribution in [3.8, 4) is 6.07 Å². The monoisotopic (exact) mass is 549 g/mol. The molecule has 6 rings (SSSR count). The number of rotatable bonds is 9. The molecule has 2 aliphatic carbocycles. The van der Waals surface area contributed by atoms with Gasteiger partial charge in [0, 0.05) is 41.5 Å². The van der Waals surface area contributed by atoms with Gasteiger partial charge in [-0.2, -0.15) is 5.26 Å². The van der Waals surface area contributed by atoms with Gasteiger partial charge in [-0.3, -0.25) is 9.99 Å². The third-order valence-corrected chi connectivity index (χ3v) is 7.90. The first kappa shape index (κ1) is 25.7. The number of aromatic nitrogens is 1. The number of halogens is 4. The maximum atomic E-state index is 13.8. The summed E-state index contributed by atoms with van der Waals surface area (Å²) >= 11 is 6.64. The van der Waals surface area contributed by atoms with E-state index in [4.69, 9.17) is 19.4 Å². The molecule has 2 saturated carbocycles. The minimum atomic E-state index is -2.46. The van der Waals surface area contributed by atoms with Gasteiger partial charge in [-0.1, -0.05) is 23.7 Å². The Morgan fingerprint density at radius 2 is 2.00 bits per heavy atom.